The van der Waals surface area contributed by atoms with Crippen LogP contribution in [0.5, 0.6) is 11.5 Å². The Morgan fingerprint density at radius 2 is 1.92 bits per heavy atom. The number of halogens is 1. The van der Waals surface area contributed by atoms with Crippen LogP contribution in [0.15, 0.2) is 53.1 Å². The van der Waals surface area contributed by atoms with Crippen LogP contribution in [-0.4, -0.2) is 17.9 Å². The van der Waals surface area contributed by atoms with Crippen molar-refractivity contribution in [3.63, 3.8) is 0 Å². The lowest BCUT2D eigenvalue weighted by Crippen LogP contribution is -2.82. The van der Waals surface area contributed by atoms with E-state index in [-0.39, 0.29) is 0 Å². The molecule has 2 aromatic carbocycles. The zero-order valence-electron chi connectivity index (χ0n) is 13.4. The molecule has 5 heteroatoms. The number of ether oxygens (including phenoxy) is 2. The van der Waals surface area contributed by atoms with Gasteiger partial charge in [-0.25, -0.2) is 0 Å². The highest BCUT2D eigenvalue weighted by Gasteiger charge is 2.16. The standard InChI is InChI=1S/C19H19BrN2O2/c20-16-11-19-18(23-13-24-19)10-15(16)12-21-7-3-8-22-9-6-14-4-1-2-5-17(14)22/h1-2,4-6,9-11,21H,3,7-8,12-13H2/p+1. The molecule has 0 unspecified atom stereocenters. The summed E-state index contributed by atoms with van der Waals surface area (Å²) in [6, 6.07) is 14.8. The predicted octanol–water partition coefficient (Wildman–Crippen LogP) is 3.29. The second-order valence-corrected chi connectivity index (χ2v) is 6.85. The zero-order chi connectivity index (χ0) is 16.4. The normalized spacial score (nSPS) is 12.9. The number of hydrogen-bond donors (Lipinski definition) is 1. The van der Waals surface area contributed by atoms with E-state index >= 15 is 0 Å². The van der Waals surface area contributed by atoms with Gasteiger partial charge >= 0.3 is 0 Å². The van der Waals surface area contributed by atoms with Gasteiger partial charge in [0.25, 0.3) is 0 Å². The first-order valence-corrected chi connectivity index (χ1v) is 9.04. The molecule has 0 saturated carbocycles. The van der Waals surface area contributed by atoms with Gasteiger partial charge in [-0.15, -0.1) is 0 Å². The summed E-state index contributed by atoms with van der Waals surface area (Å²) in [5, 5.41) is 3.65. The Labute approximate surface area is 149 Å². The average molecular weight is 388 g/mol. The molecule has 0 bridgehead atoms. The van der Waals surface area contributed by atoms with Gasteiger partial charge < -0.3 is 19.4 Å². The van der Waals surface area contributed by atoms with Gasteiger partial charge in [-0.3, -0.25) is 0 Å². The van der Waals surface area contributed by atoms with Crippen molar-refractivity contribution in [1.29, 1.82) is 0 Å². The van der Waals surface area contributed by atoms with Gasteiger partial charge in [-0.1, -0.05) is 34.1 Å². The summed E-state index contributed by atoms with van der Waals surface area (Å²) in [6.45, 7) is 3.39. The number of benzene rings is 2. The van der Waals surface area contributed by atoms with Crippen LogP contribution in [0.25, 0.3) is 10.9 Å². The van der Waals surface area contributed by atoms with Crippen LogP contribution >= 0.6 is 15.9 Å². The van der Waals surface area contributed by atoms with Crippen LogP contribution in [0.2, 0.25) is 0 Å². The Morgan fingerprint density at radius 1 is 1.08 bits per heavy atom. The van der Waals surface area contributed by atoms with Crippen LogP contribution < -0.4 is 14.8 Å². The molecule has 0 amide bonds. The Hall–Kier alpha value is -1.98. The molecule has 2 N–H and O–H groups in total. The predicted molar refractivity (Wildman–Crippen MR) is 97.3 cm³/mol. The Kier molecular flexibility index (Phi) is 4.45. The van der Waals surface area contributed by atoms with Crippen molar-refractivity contribution in [2.75, 3.05) is 13.3 Å². The minimum absolute atomic E-state index is 0.319. The number of para-hydroxylation sites is 1. The summed E-state index contributed by atoms with van der Waals surface area (Å²) in [4.78, 5) is 0. The minimum atomic E-state index is 0.319. The first kappa shape index (κ1) is 15.5. The van der Waals surface area contributed by atoms with Gasteiger partial charge in [0, 0.05) is 34.7 Å². The quantitative estimate of drug-likeness (QED) is 0.659. The van der Waals surface area contributed by atoms with E-state index in [0.717, 1.165) is 42.0 Å². The van der Waals surface area contributed by atoms with Gasteiger partial charge in [0.15, 0.2) is 11.5 Å². The maximum absolute atomic E-state index is 5.45. The molecule has 1 aliphatic heterocycles. The van der Waals surface area contributed by atoms with Crippen molar-refractivity contribution in [2.45, 2.75) is 19.5 Å². The highest BCUT2D eigenvalue weighted by atomic mass is 79.9. The molecule has 2 heterocycles. The minimum Gasteiger partial charge on any atom is -0.454 e. The maximum Gasteiger partial charge on any atom is 0.231 e. The molecular formula is C19H20BrN2O2+. The molecule has 0 fully saturated rings. The SMILES string of the molecule is Brc1cc2c(cc1C[NH2+]CCCn1ccc3ccccc31)OCO2. The summed E-state index contributed by atoms with van der Waals surface area (Å²) in [7, 11) is 0. The molecule has 3 aromatic rings. The fourth-order valence-corrected chi connectivity index (χ4v) is 3.60. The lowest BCUT2D eigenvalue weighted by molar-refractivity contribution is -0.671. The number of hydrogen-bond acceptors (Lipinski definition) is 2. The summed E-state index contributed by atoms with van der Waals surface area (Å²) in [5.41, 5.74) is 2.56. The lowest BCUT2D eigenvalue weighted by Gasteiger charge is -2.07. The molecule has 0 radical (unpaired) electrons. The highest BCUT2D eigenvalue weighted by molar-refractivity contribution is 9.10. The molecule has 4 nitrogen and oxygen atoms in total. The first-order chi connectivity index (χ1) is 11.8. The van der Waals surface area contributed by atoms with E-state index < -0.39 is 0 Å². The first-order valence-electron chi connectivity index (χ1n) is 8.25. The number of fused-ring (bicyclic) bond motifs is 2. The van der Waals surface area contributed by atoms with Crippen molar-refractivity contribution in [3.05, 3.63) is 58.7 Å². The highest BCUT2D eigenvalue weighted by Crippen LogP contribution is 2.36. The summed E-state index contributed by atoms with van der Waals surface area (Å²) < 4.78 is 14.3. The van der Waals surface area contributed by atoms with Crippen LogP contribution in [0.4, 0.5) is 0 Å². The monoisotopic (exact) mass is 387 g/mol. The van der Waals surface area contributed by atoms with Gasteiger partial charge in [-0.05, 0) is 29.7 Å². The van der Waals surface area contributed by atoms with Crippen LogP contribution in [0.3, 0.4) is 0 Å². The van der Waals surface area contributed by atoms with Crippen molar-refractivity contribution in [1.82, 2.24) is 4.57 Å². The molecule has 24 heavy (non-hydrogen) atoms. The van der Waals surface area contributed by atoms with Crippen molar-refractivity contribution >= 4 is 26.8 Å². The largest absolute Gasteiger partial charge is 0.454 e. The molecule has 124 valence electrons. The van der Waals surface area contributed by atoms with Crippen LogP contribution in [0.1, 0.15) is 12.0 Å². The molecule has 1 aromatic heterocycles. The number of nitrogens with two attached hydrogens (primary N) is 1. The zero-order valence-corrected chi connectivity index (χ0v) is 15.0. The van der Waals surface area contributed by atoms with Crippen LogP contribution in [0, 0.1) is 0 Å². The Balaban J connectivity index is 1.29. The van der Waals surface area contributed by atoms with E-state index in [4.69, 9.17) is 9.47 Å². The Bertz CT molecular complexity index is 860. The molecule has 0 atom stereocenters. The fourth-order valence-electron chi connectivity index (χ4n) is 3.11. The van der Waals surface area contributed by atoms with Gasteiger partial charge in [0.05, 0.1) is 6.54 Å². The van der Waals surface area contributed by atoms with Crippen molar-refractivity contribution in [2.24, 2.45) is 0 Å². The van der Waals surface area contributed by atoms with Crippen LogP contribution in [-0.2, 0) is 13.1 Å². The van der Waals surface area contributed by atoms with Gasteiger partial charge in [0.2, 0.25) is 6.79 Å². The molecule has 4 rings (SSSR count). The van der Waals surface area contributed by atoms with E-state index in [9.17, 15) is 0 Å². The fraction of sp³-hybridized carbons (Fsp3) is 0.263. The van der Waals surface area contributed by atoms with Crippen molar-refractivity contribution in [3.8, 4) is 11.5 Å². The van der Waals surface area contributed by atoms with Crippen molar-refractivity contribution < 1.29 is 14.8 Å². The number of nitrogens with zero attached hydrogens (tertiary/aromatic N) is 1. The lowest BCUT2D eigenvalue weighted by atomic mass is 10.2. The summed E-state index contributed by atoms with van der Waals surface area (Å²) >= 11 is 3.62. The van der Waals surface area contributed by atoms with Gasteiger partial charge in [-0.2, -0.15) is 0 Å². The molecule has 1 aliphatic rings. The molecule has 0 spiro atoms. The number of aryl methyl sites for hydroxylation is 1. The molecule has 0 saturated heterocycles. The smallest absolute Gasteiger partial charge is 0.231 e. The average Bonchev–Trinajstić information content (AvgIpc) is 3.21. The number of rotatable bonds is 6. The van der Waals surface area contributed by atoms with E-state index in [1.807, 2.05) is 6.07 Å². The third-order valence-electron chi connectivity index (χ3n) is 4.39. The molecule has 0 aliphatic carbocycles. The Morgan fingerprint density at radius 3 is 2.83 bits per heavy atom. The van der Waals surface area contributed by atoms with E-state index in [0.29, 0.717) is 6.79 Å². The summed E-state index contributed by atoms with van der Waals surface area (Å²) in [6.07, 6.45) is 3.32. The van der Waals surface area contributed by atoms with E-state index in [2.05, 4.69) is 68.4 Å². The second-order valence-electron chi connectivity index (χ2n) is 6.00. The maximum atomic E-state index is 5.45. The topological polar surface area (TPSA) is 40.0 Å². The third-order valence-corrected chi connectivity index (χ3v) is 5.13. The third kappa shape index (κ3) is 3.14. The number of aromatic nitrogens is 1. The summed E-state index contributed by atoms with van der Waals surface area (Å²) in [5.74, 6) is 1.67. The van der Waals surface area contributed by atoms with E-state index in [1.54, 1.807) is 0 Å². The number of quaternary nitrogens is 1. The van der Waals surface area contributed by atoms with E-state index in [1.165, 1.54) is 16.5 Å². The second kappa shape index (κ2) is 6.87. The van der Waals surface area contributed by atoms with Gasteiger partial charge in [0.1, 0.15) is 6.54 Å². The molecular weight excluding hydrogens is 368 g/mol.